The Balaban J connectivity index is 1.66. The van der Waals surface area contributed by atoms with Gasteiger partial charge in [0.25, 0.3) is 0 Å². The Kier molecular flexibility index (Phi) is 6.04. The van der Waals surface area contributed by atoms with E-state index >= 15 is 0 Å². The molecule has 0 spiro atoms. The third kappa shape index (κ3) is 5.09. The number of nitrogens with one attached hydrogen (secondary N) is 1. The molecule has 0 saturated carbocycles. The van der Waals surface area contributed by atoms with Gasteiger partial charge >= 0.3 is 6.09 Å². The fourth-order valence-electron chi connectivity index (χ4n) is 2.43. The van der Waals surface area contributed by atoms with Crippen molar-refractivity contribution in [2.24, 2.45) is 5.92 Å². The van der Waals surface area contributed by atoms with Crippen LogP contribution in [0, 0.1) is 17.2 Å². The predicted molar refractivity (Wildman–Crippen MR) is 79.4 cm³/mol. The molecule has 21 heavy (non-hydrogen) atoms. The Morgan fingerprint density at radius 3 is 3.00 bits per heavy atom. The maximum Gasteiger partial charge on any atom is 0.410 e. The van der Waals surface area contributed by atoms with E-state index in [0.717, 1.165) is 31.6 Å². The lowest BCUT2D eigenvalue weighted by Crippen LogP contribution is -2.31. The van der Waals surface area contributed by atoms with Crippen molar-refractivity contribution in [3.63, 3.8) is 0 Å². The van der Waals surface area contributed by atoms with Crippen molar-refractivity contribution in [1.29, 1.82) is 5.26 Å². The van der Waals surface area contributed by atoms with E-state index in [9.17, 15) is 4.79 Å². The molecule has 2 rings (SSSR count). The number of carbonyl (C=O) groups excluding carboxylic acids is 1. The van der Waals surface area contributed by atoms with Crippen LogP contribution >= 0.6 is 0 Å². The molecule has 0 unspecified atom stereocenters. The molecule has 112 valence electrons. The van der Waals surface area contributed by atoms with E-state index in [4.69, 9.17) is 10.00 Å². The molecule has 1 saturated heterocycles. The predicted octanol–water partition coefficient (Wildman–Crippen LogP) is 2.15. The minimum Gasteiger partial charge on any atom is -0.445 e. The van der Waals surface area contributed by atoms with Crippen LogP contribution < -0.4 is 5.32 Å². The molecule has 5 heteroatoms. The molecule has 1 amide bonds. The van der Waals surface area contributed by atoms with Crippen LogP contribution in [0.15, 0.2) is 30.3 Å². The maximum atomic E-state index is 12.0. The Morgan fingerprint density at radius 1 is 1.43 bits per heavy atom. The summed E-state index contributed by atoms with van der Waals surface area (Å²) in [7, 11) is 0. The molecule has 0 aliphatic carbocycles. The molecule has 1 aliphatic rings. The normalized spacial score (nSPS) is 17.5. The first kappa shape index (κ1) is 15.3. The number of carbonyl (C=O) groups is 1. The molecule has 1 aliphatic heterocycles. The molecule has 0 radical (unpaired) electrons. The first-order chi connectivity index (χ1) is 10.3. The van der Waals surface area contributed by atoms with Crippen LogP contribution in [0.2, 0.25) is 0 Å². The summed E-state index contributed by atoms with van der Waals surface area (Å²) in [5.74, 6) is 0.452. The summed E-state index contributed by atoms with van der Waals surface area (Å²) in [4.78, 5) is 13.7. The van der Waals surface area contributed by atoms with Gasteiger partial charge in [-0.15, -0.1) is 0 Å². The average Bonchev–Trinajstić information content (AvgIpc) is 2.99. The lowest BCUT2D eigenvalue weighted by Gasteiger charge is -2.16. The summed E-state index contributed by atoms with van der Waals surface area (Å²) < 4.78 is 5.33. The number of likely N-dealkylation sites (tertiary alicyclic amines) is 1. The number of hydrogen-bond donors (Lipinski definition) is 1. The molecule has 0 bridgehead atoms. The second-order valence-electron chi connectivity index (χ2n) is 5.25. The summed E-state index contributed by atoms with van der Waals surface area (Å²) in [5, 5.41) is 11.7. The second-order valence-corrected chi connectivity index (χ2v) is 5.25. The number of nitrogens with zero attached hydrogens (tertiary/aromatic N) is 2. The number of hydrogen-bond acceptors (Lipinski definition) is 4. The standard InChI is InChI=1S/C16H21N3O2/c17-8-4-9-18-11-15-7-10-19(12-15)16(20)21-13-14-5-2-1-3-6-14/h1-3,5-6,15,18H,4,7,9-13H2/t15-/m0/s1. The zero-order valence-electron chi connectivity index (χ0n) is 12.1. The van der Waals surface area contributed by atoms with E-state index < -0.39 is 0 Å². The molecular weight excluding hydrogens is 266 g/mol. The van der Waals surface area contributed by atoms with Crippen molar-refractivity contribution in [3.8, 4) is 6.07 Å². The SMILES string of the molecule is N#CCCNC[C@@H]1CCN(C(=O)OCc2ccccc2)C1. The van der Waals surface area contributed by atoms with E-state index in [1.165, 1.54) is 0 Å². The van der Waals surface area contributed by atoms with Gasteiger partial charge in [-0.05, 0) is 24.4 Å². The third-order valence-electron chi connectivity index (χ3n) is 3.60. The number of amides is 1. The highest BCUT2D eigenvalue weighted by molar-refractivity contribution is 5.68. The molecule has 1 heterocycles. The van der Waals surface area contributed by atoms with Crippen molar-refractivity contribution in [2.75, 3.05) is 26.2 Å². The first-order valence-corrected chi connectivity index (χ1v) is 7.33. The lowest BCUT2D eigenvalue weighted by molar-refractivity contribution is 0.103. The Morgan fingerprint density at radius 2 is 2.24 bits per heavy atom. The van der Waals surface area contributed by atoms with Crippen LogP contribution in [-0.4, -0.2) is 37.2 Å². The van der Waals surface area contributed by atoms with Crippen molar-refractivity contribution in [2.45, 2.75) is 19.4 Å². The number of rotatable bonds is 6. The third-order valence-corrected chi connectivity index (χ3v) is 3.60. The molecular formula is C16H21N3O2. The van der Waals surface area contributed by atoms with Crippen LogP contribution in [0.5, 0.6) is 0 Å². The summed E-state index contributed by atoms with van der Waals surface area (Å²) >= 11 is 0. The Labute approximate surface area is 125 Å². The lowest BCUT2D eigenvalue weighted by atomic mass is 10.1. The summed E-state index contributed by atoms with van der Waals surface area (Å²) in [5.41, 5.74) is 1.000. The van der Waals surface area contributed by atoms with Gasteiger partial charge in [-0.2, -0.15) is 5.26 Å². The van der Waals surface area contributed by atoms with Gasteiger partial charge in [0.05, 0.1) is 6.07 Å². The minimum atomic E-state index is -0.238. The van der Waals surface area contributed by atoms with Crippen molar-refractivity contribution < 1.29 is 9.53 Å². The van der Waals surface area contributed by atoms with E-state index in [0.29, 0.717) is 25.5 Å². The van der Waals surface area contributed by atoms with Gasteiger partial charge in [0, 0.05) is 26.1 Å². The largest absolute Gasteiger partial charge is 0.445 e. The zero-order valence-corrected chi connectivity index (χ0v) is 12.1. The molecule has 1 aromatic carbocycles. The Bertz CT molecular complexity index is 484. The molecule has 5 nitrogen and oxygen atoms in total. The summed E-state index contributed by atoms with van der Waals surface area (Å²) in [6, 6.07) is 11.8. The molecule has 0 aromatic heterocycles. The number of ether oxygens (including phenoxy) is 1. The zero-order chi connectivity index (χ0) is 14.9. The fraction of sp³-hybridized carbons (Fsp3) is 0.500. The van der Waals surface area contributed by atoms with E-state index in [1.54, 1.807) is 4.90 Å². The van der Waals surface area contributed by atoms with Gasteiger partial charge in [0.1, 0.15) is 6.61 Å². The van der Waals surface area contributed by atoms with Gasteiger partial charge in [0.15, 0.2) is 0 Å². The minimum absolute atomic E-state index is 0.238. The maximum absolute atomic E-state index is 12.0. The monoisotopic (exact) mass is 287 g/mol. The second kappa shape index (κ2) is 8.28. The molecule has 1 fully saturated rings. The summed E-state index contributed by atoms with van der Waals surface area (Å²) in [6.07, 6.45) is 1.27. The van der Waals surface area contributed by atoms with Crippen molar-refractivity contribution in [1.82, 2.24) is 10.2 Å². The number of nitriles is 1. The summed E-state index contributed by atoms with van der Waals surface area (Å²) in [6.45, 7) is 3.36. The van der Waals surface area contributed by atoms with Gasteiger partial charge in [-0.3, -0.25) is 0 Å². The quantitative estimate of drug-likeness (QED) is 0.814. The van der Waals surface area contributed by atoms with E-state index in [-0.39, 0.29) is 6.09 Å². The average molecular weight is 287 g/mol. The van der Waals surface area contributed by atoms with Crippen LogP contribution in [0.4, 0.5) is 4.79 Å². The van der Waals surface area contributed by atoms with Crippen molar-refractivity contribution >= 4 is 6.09 Å². The van der Waals surface area contributed by atoms with Gasteiger partial charge in [0.2, 0.25) is 0 Å². The van der Waals surface area contributed by atoms with Crippen LogP contribution in [0.1, 0.15) is 18.4 Å². The van der Waals surface area contributed by atoms with E-state index in [2.05, 4.69) is 11.4 Å². The van der Waals surface area contributed by atoms with Gasteiger partial charge in [-0.25, -0.2) is 4.79 Å². The van der Waals surface area contributed by atoms with Crippen molar-refractivity contribution in [3.05, 3.63) is 35.9 Å². The van der Waals surface area contributed by atoms with Crippen LogP contribution in [0.25, 0.3) is 0 Å². The topological polar surface area (TPSA) is 65.4 Å². The molecule has 1 aromatic rings. The highest BCUT2D eigenvalue weighted by Crippen LogP contribution is 2.16. The highest BCUT2D eigenvalue weighted by atomic mass is 16.6. The van der Waals surface area contributed by atoms with E-state index in [1.807, 2.05) is 30.3 Å². The first-order valence-electron chi connectivity index (χ1n) is 7.33. The van der Waals surface area contributed by atoms with Crippen LogP contribution in [0.3, 0.4) is 0 Å². The number of benzene rings is 1. The Hall–Kier alpha value is -2.06. The smallest absolute Gasteiger partial charge is 0.410 e. The van der Waals surface area contributed by atoms with Crippen LogP contribution in [-0.2, 0) is 11.3 Å². The molecule has 1 N–H and O–H groups in total. The highest BCUT2D eigenvalue weighted by Gasteiger charge is 2.26. The van der Waals surface area contributed by atoms with Gasteiger partial charge in [-0.1, -0.05) is 30.3 Å². The van der Waals surface area contributed by atoms with Gasteiger partial charge < -0.3 is 15.0 Å². The molecule has 1 atom stereocenters. The fourth-order valence-corrected chi connectivity index (χ4v) is 2.43.